The summed E-state index contributed by atoms with van der Waals surface area (Å²) >= 11 is 0. The fourth-order valence-corrected chi connectivity index (χ4v) is 2.19. The molecule has 1 aromatic rings. The maximum atomic E-state index is 12.3. The van der Waals surface area contributed by atoms with Crippen LogP contribution in [0.3, 0.4) is 0 Å². The zero-order chi connectivity index (χ0) is 17.9. The van der Waals surface area contributed by atoms with Crippen molar-refractivity contribution in [3.05, 3.63) is 35.5 Å². The van der Waals surface area contributed by atoms with E-state index >= 15 is 0 Å². The minimum absolute atomic E-state index is 0.0260. The van der Waals surface area contributed by atoms with E-state index < -0.39 is 5.91 Å². The molecular weight excluding hydrogens is 304 g/mol. The van der Waals surface area contributed by atoms with Crippen LogP contribution in [-0.2, 0) is 4.79 Å². The molecule has 2 N–H and O–H groups in total. The van der Waals surface area contributed by atoms with Gasteiger partial charge in [0.1, 0.15) is 17.4 Å². The largest absolute Gasteiger partial charge is 0.495 e. The Morgan fingerprint density at radius 3 is 2.67 bits per heavy atom. The molecule has 0 fully saturated rings. The fraction of sp³-hybridized carbons (Fsp3) is 0.444. The molecule has 0 saturated heterocycles. The lowest BCUT2D eigenvalue weighted by molar-refractivity contribution is -0.112. The quantitative estimate of drug-likeness (QED) is 0.413. The van der Waals surface area contributed by atoms with E-state index in [9.17, 15) is 10.1 Å². The molecule has 0 saturated carbocycles. The number of hydrogen-bond acceptors (Lipinski definition) is 5. The second-order valence-electron chi connectivity index (χ2n) is 5.31. The van der Waals surface area contributed by atoms with Crippen LogP contribution in [0, 0.1) is 18.3 Å². The van der Waals surface area contributed by atoms with Crippen LogP contribution in [0.5, 0.6) is 5.75 Å². The van der Waals surface area contributed by atoms with Crippen molar-refractivity contribution >= 4 is 11.6 Å². The Hall–Kier alpha value is -2.52. The van der Waals surface area contributed by atoms with Crippen LogP contribution in [-0.4, -0.2) is 44.1 Å². The average Bonchev–Trinajstić information content (AvgIpc) is 2.58. The third kappa shape index (κ3) is 5.94. The topological polar surface area (TPSA) is 77.4 Å². The van der Waals surface area contributed by atoms with E-state index in [1.54, 1.807) is 12.1 Å². The maximum Gasteiger partial charge on any atom is 0.267 e. The molecule has 1 amide bonds. The van der Waals surface area contributed by atoms with Gasteiger partial charge in [-0.15, -0.1) is 0 Å². The van der Waals surface area contributed by atoms with Gasteiger partial charge >= 0.3 is 0 Å². The number of amides is 1. The van der Waals surface area contributed by atoms with Crippen LogP contribution in [0.25, 0.3) is 0 Å². The molecule has 130 valence electrons. The Morgan fingerprint density at radius 1 is 1.38 bits per heavy atom. The molecule has 0 radical (unpaired) electrons. The number of benzene rings is 1. The first-order chi connectivity index (χ1) is 11.5. The minimum atomic E-state index is -0.461. The third-order valence-corrected chi connectivity index (χ3v) is 3.68. The Labute approximate surface area is 144 Å². The van der Waals surface area contributed by atoms with Gasteiger partial charge in [-0.1, -0.05) is 19.9 Å². The number of hydrogen-bond donors (Lipinski definition) is 2. The normalized spacial score (nSPS) is 11.1. The average molecular weight is 330 g/mol. The summed E-state index contributed by atoms with van der Waals surface area (Å²) in [5.74, 6) is 0.0949. The molecule has 0 spiro atoms. The number of aryl methyl sites for hydroxylation is 1. The number of nitriles is 1. The third-order valence-electron chi connectivity index (χ3n) is 3.68. The van der Waals surface area contributed by atoms with Crippen molar-refractivity contribution in [2.75, 3.05) is 38.6 Å². The van der Waals surface area contributed by atoms with Gasteiger partial charge in [0.15, 0.2) is 0 Å². The Bertz CT molecular complexity index is 616. The van der Waals surface area contributed by atoms with Gasteiger partial charge < -0.3 is 20.3 Å². The fourth-order valence-electron chi connectivity index (χ4n) is 2.19. The predicted octanol–water partition coefficient (Wildman–Crippen LogP) is 2.28. The van der Waals surface area contributed by atoms with Gasteiger partial charge in [-0.3, -0.25) is 4.79 Å². The first-order valence-electron chi connectivity index (χ1n) is 8.07. The number of anilines is 1. The van der Waals surface area contributed by atoms with E-state index in [4.69, 9.17) is 4.74 Å². The van der Waals surface area contributed by atoms with E-state index in [1.165, 1.54) is 13.3 Å². The van der Waals surface area contributed by atoms with E-state index in [0.29, 0.717) is 18.0 Å². The number of carbonyl (C=O) groups is 1. The van der Waals surface area contributed by atoms with E-state index in [-0.39, 0.29) is 5.57 Å². The van der Waals surface area contributed by atoms with Crippen LogP contribution < -0.4 is 15.4 Å². The number of methoxy groups -OCH3 is 1. The lowest BCUT2D eigenvalue weighted by atomic mass is 10.2. The molecule has 0 heterocycles. The lowest BCUT2D eigenvalue weighted by Crippen LogP contribution is -2.30. The van der Waals surface area contributed by atoms with Crippen LogP contribution in [0.1, 0.15) is 19.4 Å². The summed E-state index contributed by atoms with van der Waals surface area (Å²) in [6.07, 6.45) is 1.46. The number of nitrogens with zero attached hydrogens (tertiary/aromatic N) is 2. The summed E-state index contributed by atoms with van der Waals surface area (Å²) in [5.41, 5.74) is 1.57. The van der Waals surface area contributed by atoms with Gasteiger partial charge in [0, 0.05) is 19.3 Å². The van der Waals surface area contributed by atoms with Crippen molar-refractivity contribution < 1.29 is 9.53 Å². The molecule has 1 aromatic carbocycles. The van der Waals surface area contributed by atoms with Gasteiger partial charge in [0.2, 0.25) is 0 Å². The Morgan fingerprint density at radius 2 is 2.08 bits per heavy atom. The summed E-state index contributed by atoms with van der Waals surface area (Å²) < 4.78 is 5.23. The van der Waals surface area contributed by atoms with Crippen molar-refractivity contribution in [1.82, 2.24) is 10.2 Å². The zero-order valence-electron chi connectivity index (χ0n) is 14.8. The molecule has 1 rings (SSSR count). The lowest BCUT2D eigenvalue weighted by Gasteiger charge is -2.17. The number of likely N-dealkylation sites (N-methyl/N-ethyl adjacent to an activating group) is 1. The summed E-state index contributed by atoms with van der Waals surface area (Å²) in [6.45, 7) is 9.60. The zero-order valence-corrected chi connectivity index (χ0v) is 14.8. The number of nitrogens with one attached hydrogen (secondary N) is 2. The highest BCUT2D eigenvalue weighted by Gasteiger charge is 2.12. The van der Waals surface area contributed by atoms with Crippen molar-refractivity contribution in [1.29, 1.82) is 5.26 Å². The van der Waals surface area contributed by atoms with Gasteiger partial charge in [0.25, 0.3) is 5.91 Å². The van der Waals surface area contributed by atoms with Crippen molar-refractivity contribution in [3.8, 4) is 11.8 Å². The molecule has 0 aromatic heterocycles. The maximum absolute atomic E-state index is 12.3. The van der Waals surface area contributed by atoms with Crippen LogP contribution >= 0.6 is 0 Å². The predicted molar refractivity (Wildman–Crippen MR) is 95.8 cm³/mol. The molecule has 6 heteroatoms. The van der Waals surface area contributed by atoms with E-state index in [0.717, 1.165) is 25.2 Å². The number of rotatable bonds is 9. The highest BCUT2D eigenvalue weighted by molar-refractivity contribution is 6.07. The molecule has 6 nitrogen and oxygen atoms in total. The molecule has 0 unspecified atom stereocenters. The summed E-state index contributed by atoms with van der Waals surface area (Å²) in [6, 6.07) is 7.40. The molecule has 0 bridgehead atoms. The smallest absolute Gasteiger partial charge is 0.267 e. The highest BCUT2D eigenvalue weighted by Crippen LogP contribution is 2.25. The molecule has 0 aliphatic rings. The van der Waals surface area contributed by atoms with Crippen molar-refractivity contribution in [2.45, 2.75) is 20.8 Å². The Kier molecular flexibility index (Phi) is 8.37. The standard InChI is InChI=1S/C18H26N4O2/c1-5-22(6-2)10-9-20-13-15(12-19)18(23)21-16-11-14(3)7-8-17(16)24-4/h7-8,11,13,20H,5-6,9-10H2,1-4H3,(H,21,23)/b15-13-. The van der Waals surface area contributed by atoms with Gasteiger partial charge in [0.05, 0.1) is 12.8 Å². The minimum Gasteiger partial charge on any atom is -0.495 e. The van der Waals surface area contributed by atoms with E-state index in [2.05, 4.69) is 29.4 Å². The summed E-state index contributed by atoms with van der Waals surface area (Å²) in [5, 5.41) is 14.9. The molecular formula is C18H26N4O2. The molecule has 24 heavy (non-hydrogen) atoms. The molecule has 0 aliphatic heterocycles. The number of carbonyl (C=O) groups excluding carboxylic acids is 1. The second-order valence-corrected chi connectivity index (χ2v) is 5.31. The first kappa shape index (κ1) is 19.5. The highest BCUT2D eigenvalue weighted by atomic mass is 16.5. The number of ether oxygens (including phenoxy) is 1. The van der Waals surface area contributed by atoms with Crippen LogP contribution in [0.4, 0.5) is 5.69 Å². The Balaban J connectivity index is 2.69. The van der Waals surface area contributed by atoms with Crippen molar-refractivity contribution in [3.63, 3.8) is 0 Å². The van der Waals surface area contributed by atoms with Gasteiger partial charge in [-0.2, -0.15) is 5.26 Å². The molecule has 0 atom stereocenters. The second kappa shape index (κ2) is 10.3. The summed E-state index contributed by atoms with van der Waals surface area (Å²) in [4.78, 5) is 14.5. The van der Waals surface area contributed by atoms with Gasteiger partial charge in [-0.25, -0.2) is 0 Å². The van der Waals surface area contributed by atoms with E-state index in [1.807, 2.05) is 19.1 Å². The van der Waals surface area contributed by atoms with Crippen molar-refractivity contribution in [2.24, 2.45) is 0 Å². The molecule has 0 aliphatic carbocycles. The van der Waals surface area contributed by atoms with Crippen LogP contribution in [0.15, 0.2) is 30.0 Å². The summed E-state index contributed by atoms with van der Waals surface area (Å²) in [7, 11) is 1.54. The first-order valence-corrected chi connectivity index (χ1v) is 8.07. The van der Waals surface area contributed by atoms with Gasteiger partial charge in [-0.05, 0) is 37.7 Å². The monoisotopic (exact) mass is 330 g/mol. The van der Waals surface area contributed by atoms with Crippen LogP contribution in [0.2, 0.25) is 0 Å². The SMILES string of the molecule is CCN(CC)CCN/C=C(/C#N)C(=O)Nc1cc(C)ccc1OC.